The van der Waals surface area contributed by atoms with E-state index in [4.69, 9.17) is 14.6 Å². The molecule has 4 atom stereocenters. The van der Waals surface area contributed by atoms with E-state index in [9.17, 15) is 50.9 Å². The fraction of sp³-hybridized carbons (Fsp3) is 0.923. The van der Waals surface area contributed by atoms with E-state index in [-0.39, 0.29) is 75.9 Å². The van der Waals surface area contributed by atoms with E-state index in [2.05, 4.69) is 0 Å². The molecule has 0 aliphatic heterocycles. The van der Waals surface area contributed by atoms with Gasteiger partial charge in [-0.15, -0.1) is 0 Å². The molecular weight excluding hydrogens is 710 g/mol. The Labute approximate surface area is 319 Å². The Morgan fingerprint density at radius 2 is 0.981 bits per heavy atom. The molecule has 0 aromatic rings. The first-order valence-corrected chi connectivity index (χ1v) is 16.0. The zero-order valence-corrected chi connectivity index (χ0v) is 29.6. The van der Waals surface area contributed by atoms with Crippen LogP contribution in [0.2, 0.25) is 0 Å². The molecule has 326 valence electrons. The van der Waals surface area contributed by atoms with Gasteiger partial charge in [0.05, 0.1) is 21.8 Å². The normalized spacial score (nSPS) is 19.5. The lowest BCUT2D eigenvalue weighted by Gasteiger charge is -2.37. The van der Waals surface area contributed by atoms with Crippen LogP contribution in [0.3, 0.4) is 0 Å². The highest BCUT2D eigenvalue weighted by Gasteiger charge is 2.71. The first-order chi connectivity index (χ1) is 20.8. The predicted molar refractivity (Wildman–Crippen MR) is 203 cm³/mol. The van der Waals surface area contributed by atoms with Gasteiger partial charge in [0.2, 0.25) is 0 Å². The number of alkyl halides is 6. The number of carbonyl (C=O) groups is 3. The molecule has 2 rings (SSSR count). The molecule has 2 bridgehead atoms. The quantitative estimate of drug-likeness (QED) is 0.139. The van der Waals surface area contributed by atoms with E-state index in [1.165, 1.54) is 0 Å². The third-order valence-corrected chi connectivity index (χ3v) is 9.58. The molecule has 14 heteroatoms. The Kier molecular flexibility index (Phi) is 29.5. The second kappa shape index (κ2) is 23.7. The fourth-order valence-corrected chi connectivity index (χ4v) is 4.68. The van der Waals surface area contributed by atoms with Gasteiger partial charge in [0.1, 0.15) is 12.7 Å². The van der Waals surface area contributed by atoms with Crippen molar-refractivity contribution in [2.24, 2.45) is 34.0 Å². The SMILES string of the molecule is C.C.C.C.C.C.CCC(C)(C)C(=O)O.CCC(C)(C)C(=O)OC1CC2CC1CC2CC(O)(C(F)(F)F)C(F)(F)F.CCC(C)(C)C(=O)OCC(C)(C)O. The Hall–Kier alpha value is -2.09. The minimum Gasteiger partial charge on any atom is -0.481 e. The lowest BCUT2D eigenvalue weighted by Crippen LogP contribution is -2.58. The molecule has 53 heavy (non-hydrogen) atoms. The lowest BCUT2D eigenvalue weighted by molar-refractivity contribution is -0.373. The number of ether oxygens (including phenoxy) is 2. The minimum absolute atomic E-state index is 0. The molecule has 2 aliphatic carbocycles. The van der Waals surface area contributed by atoms with Gasteiger partial charge in [-0.3, -0.25) is 14.4 Å². The predicted octanol–water partition coefficient (Wildman–Crippen LogP) is 11.7. The molecule has 0 aromatic carbocycles. The van der Waals surface area contributed by atoms with Crippen molar-refractivity contribution >= 4 is 17.9 Å². The zero-order valence-electron chi connectivity index (χ0n) is 29.6. The summed E-state index contributed by atoms with van der Waals surface area (Å²) in [5.41, 5.74) is -7.33. The third-order valence-electron chi connectivity index (χ3n) is 9.58. The number of rotatable bonds is 11. The van der Waals surface area contributed by atoms with E-state index < -0.39 is 76.1 Å². The van der Waals surface area contributed by atoms with Crippen LogP contribution < -0.4 is 0 Å². The summed E-state index contributed by atoms with van der Waals surface area (Å²) < 4.78 is 87.7. The molecule has 0 saturated heterocycles. The van der Waals surface area contributed by atoms with E-state index in [1.807, 2.05) is 34.6 Å². The maximum absolute atomic E-state index is 12.9. The number of carboxylic acid groups (broad SMARTS) is 1. The Morgan fingerprint density at radius 1 is 0.604 bits per heavy atom. The first kappa shape index (κ1) is 65.8. The van der Waals surface area contributed by atoms with E-state index in [0.29, 0.717) is 19.3 Å². The second-order valence-corrected chi connectivity index (χ2v) is 15.4. The standard InChI is InChI=1S/C17H24F6O3.C10H20O3.C6H12O2.6CH4/c1-4-14(2,3)13(24)26-12-7-9-5-10(12)6-11(9)8-15(25,16(18,19)20)17(21,22)23;1-6-9(2,3)8(11)13-7-10(4,5)12;1-4-6(2,3)5(7)8;;;;;;/h9-12,25H,4-8H2,1-3H3;12H,6-7H2,1-5H3;4H2,1-3H3,(H,7,8);6*1H4. The van der Waals surface area contributed by atoms with Gasteiger partial charge >= 0.3 is 30.3 Å². The summed E-state index contributed by atoms with van der Waals surface area (Å²) in [6, 6.07) is 0. The van der Waals surface area contributed by atoms with Crippen LogP contribution in [-0.2, 0) is 23.9 Å². The molecule has 3 N–H and O–H groups in total. The number of aliphatic hydroxyl groups is 2. The van der Waals surface area contributed by atoms with Crippen molar-refractivity contribution in [2.45, 2.75) is 195 Å². The maximum Gasteiger partial charge on any atom is 0.426 e. The number of halogens is 6. The summed E-state index contributed by atoms with van der Waals surface area (Å²) in [5, 5.41) is 27.2. The molecular formula is C39H80F6O8. The van der Waals surface area contributed by atoms with Crippen molar-refractivity contribution < 1.29 is 65.5 Å². The molecule has 2 aliphatic rings. The average molecular weight is 791 g/mol. The number of hydrogen-bond donors (Lipinski definition) is 3. The summed E-state index contributed by atoms with van der Waals surface area (Å²) in [7, 11) is 0. The molecule has 8 nitrogen and oxygen atoms in total. The van der Waals surface area contributed by atoms with Crippen molar-refractivity contribution in [3.8, 4) is 0 Å². The van der Waals surface area contributed by atoms with Gasteiger partial charge in [-0.25, -0.2) is 0 Å². The maximum atomic E-state index is 12.9. The molecule has 0 spiro atoms. The molecule has 0 radical (unpaired) electrons. The smallest absolute Gasteiger partial charge is 0.426 e. The minimum atomic E-state index is -5.79. The van der Waals surface area contributed by atoms with E-state index in [0.717, 1.165) is 6.42 Å². The van der Waals surface area contributed by atoms with Gasteiger partial charge in [-0.1, -0.05) is 65.3 Å². The molecule has 2 saturated carbocycles. The number of esters is 2. The van der Waals surface area contributed by atoms with Crippen molar-refractivity contribution in [2.75, 3.05) is 6.61 Å². The first-order valence-electron chi connectivity index (χ1n) is 16.0. The molecule has 4 unspecified atom stereocenters. The van der Waals surface area contributed by atoms with Gasteiger partial charge in [0.15, 0.2) is 0 Å². The monoisotopic (exact) mass is 791 g/mol. The Balaban J connectivity index is -0.000000134. The van der Waals surface area contributed by atoms with Gasteiger partial charge in [-0.05, 0) is 118 Å². The van der Waals surface area contributed by atoms with E-state index >= 15 is 0 Å². The van der Waals surface area contributed by atoms with Crippen molar-refractivity contribution in [3.63, 3.8) is 0 Å². The van der Waals surface area contributed by atoms with Crippen LogP contribution in [0.25, 0.3) is 0 Å². The summed E-state index contributed by atoms with van der Waals surface area (Å²) in [5.74, 6) is -2.96. The topological polar surface area (TPSA) is 130 Å². The van der Waals surface area contributed by atoms with Gasteiger partial charge in [-0.2, -0.15) is 26.3 Å². The van der Waals surface area contributed by atoms with Crippen LogP contribution in [-0.4, -0.2) is 69.5 Å². The highest BCUT2D eigenvalue weighted by atomic mass is 19.4. The van der Waals surface area contributed by atoms with Crippen LogP contribution >= 0.6 is 0 Å². The number of fused-ring (bicyclic) bond motifs is 2. The van der Waals surface area contributed by atoms with Crippen LogP contribution in [0.15, 0.2) is 0 Å². The molecule has 0 aromatic heterocycles. The van der Waals surface area contributed by atoms with Crippen LogP contribution in [0.4, 0.5) is 26.3 Å². The largest absolute Gasteiger partial charge is 0.481 e. The van der Waals surface area contributed by atoms with Crippen molar-refractivity contribution in [1.29, 1.82) is 0 Å². The van der Waals surface area contributed by atoms with Gasteiger partial charge < -0.3 is 24.8 Å². The highest BCUT2D eigenvalue weighted by molar-refractivity contribution is 5.76. The van der Waals surface area contributed by atoms with Crippen molar-refractivity contribution in [1.82, 2.24) is 0 Å². The number of hydrogen-bond acceptors (Lipinski definition) is 7. The summed E-state index contributed by atoms with van der Waals surface area (Å²) in [4.78, 5) is 33.8. The van der Waals surface area contributed by atoms with Crippen molar-refractivity contribution in [3.05, 3.63) is 0 Å². The van der Waals surface area contributed by atoms with Crippen LogP contribution in [0.5, 0.6) is 0 Å². The van der Waals surface area contributed by atoms with E-state index in [1.54, 1.807) is 41.5 Å². The van der Waals surface area contributed by atoms with Crippen LogP contribution in [0.1, 0.15) is 166 Å². The lowest BCUT2D eigenvalue weighted by atomic mass is 9.78. The summed E-state index contributed by atoms with van der Waals surface area (Å²) in [6.45, 7) is 19.4. The molecule has 0 heterocycles. The van der Waals surface area contributed by atoms with Gasteiger partial charge in [0, 0.05) is 0 Å². The molecule has 2 fully saturated rings. The fourth-order valence-electron chi connectivity index (χ4n) is 4.68. The van der Waals surface area contributed by atoms with Gasteiger partial charge in [0.25, 0.3) is 5.60 Å². The molecule has 0 amide bonds. The zero-order chi connectivity index (χ0) is 37.6. The summed E-state index contributed by atoms with van der Waals surface area (Å²) >= 11 is 0. The Bertz CT molecular complexity index is 1030. The third kappa shape index (κ3) is 18.9. The number of carbonyl (C=O) groups excluding carboxylic acids is 2. The number of aliphatic carboxylic acids is 1. The second-order valence-electron chi connectivity index (χ2n) is 15.4. The number of carboxylic acids is 1. The Morgan fingerprint density at radius 3 is 1.25 bits per heavy atom. The average Bonchev–Trinajstić information content (AvgIpc) is 3.50. The highest BCUT2D eigenvalue weighted by Crippen LogP contribution is 2.56. The summed E-state index contributed by atoms with van der Waals surface area (Å²) in [6.07, 6.45) is -10.7. The van der Waals surface area contributed by atoms with Crippen LogP contribution in [0, 0.1) is 34.0 Å².